The van der Waals surface area contributed by atoms with Crippen LogP contribution in [0.5, 0.6) is 17.2 Å². The molecule has 5 aromatic rings. The predicted octanol–water partition coefficient (Wildman–Crippen LogP) is 4.35. The van der Waals surface area contributed by atoms with Crippen molar-refractivity contribution < 1.29 is 19.0 Å². The number of carbonyl (C=O) groups is 1. The van der Waals surface area contributed by atoms with E-state index in [-0.39, 0.29) is 18.3 Å². The van der Waals surface area contributed by atoms with E-state index in [0.29, 0.717) is 35.6 Å². The third-order valence-electron chi connectivity index (χ3n) is 7.71. The predicted molar refractivity (Wildman–Crippen MR) is 157 cm³/mol. The van der Waals surface area contributed by atoms with Gasteiger partial charge in [0.25, 0.3) is 11.5 Å². The Morgan fingerprint density at radius 2 is 1.78 bits per heavy atom. The van der Waals surface area contributed by atoms with Gasteiger partial charge in [0.2, 0.25) is 6.79 Å². The fraction of sp³-hybridized carbons (Fsp3) is 0.258. The molecule has 1 amide bonds. The maximum absolute atomic E-state index is 13.9. The minimum Gasteiger partial charge on any atom is -0.494 e. The SMILES string of the molecule is COc1c(C(=O)N2CCN(Cc3ccc4c(c3)OCO4)CC2)sc2c1c(=O)n(Cc1ccccn1)c1ccccc21. The molecule has 9 nitrogen and oxygen atoms in total. The Labute approximate surface area is 240 Å². The zero-order valence-corrected chi connectivity index (χ0v) is 23.4. The largest absolute Gasteiger partial charge is 0.494 e. The highest BCUT2D eigenvalue weighted by atomic mass is 32.1. The van der Waals surface area contributed by atoms with Gasteiger partial charge in [-0.05, 0) is 35.9 Å². The third-order valence-corrected chi connectivity index (χ3v) is 8.90. The number of fused-ring (bicyclic) bond motifs is 4. The van der Waals surface area contributed by atoms with E-state index in [2.05, 4.69) is 16.0 Å². The maximum Gasteiger partial charge on any atom is 0.267 e. The summed E-state index contributed by atoms with van der Waals surface area (Å²) in [6.45, 7) is 4.02. The minimum atomic E-state index is -0.190. The fourth-order valence-corrected chi connectivity index (χ4v) is 6.90. The van der Waals surface area contributed by atoms with Crippen molar-refractivity contribution in [2.45, 2.75) is 13.1 Å². The van der Waals surface area contributed by atoms with Crippen molar-refractivity contribution in [3.8, 4) is 17.2 Å². The summed E-state index contributed by atoms with van der Waals surface area (Å²) < 4.78 is 19.2. The standard InChI is InChI=1S/C31H28N4O5S/c1-38-27-26-28(22-7-2-3-8-23(22)35(30(26)36)18-21-6-4-5-11-32-21)41-29(27)31(37)34-14-12-33(13-15-34)17-20-9-10-24-25(16-20)40-19-39-24/h2-11,16H,12-15,17-19H2,1H3. The smallest absolute Gasteiger partial charge is 0.267 e. The topological polar surface area (TPSA) is 86.1 Å². The molecule has 7 rings (SSSR count). The van der Waals surface area contributed by atoms with Crippen LogP contribution >= 0.6 is 11.3 Å². The summed E-state index contributed by atoms with van der Waals surface area (Å²) in [5.74, 6) is 1.80. The monoisotopic (exact) mass is 568 g/mol. The first-order chi connectivity index (χ1) is 20.1. The van der Waals surface area contributed by atoms with Gasteiger partial charge in [0, 0.05) is 44.3 Å². The van der Waals surface area contributed by atoms with Crippen LogP contribution in [0.3, 0.4) is 0 Å². The lowest BCUT2D eigenvalue weighted by atomic mass is 10.1. The lowest BCUT2D eigenvalue weighted by Gasteiger charge is -2.34. The Kier molecular flexibility index (Phi) is 6.56. The molecule has 1 fully saturated rings. The molecule has 41 heavy (non-hydrogen) atoms. The van der Waals surface area contributed by atoms with Crippen molar-refractivity contribution in [2.75, 3.05) is 40.1 Å². The molecule has 0 radical (unpaired) electrons. The summed E-state index contributed by atoms with van der Waals surface area (Å²) in [6, 6.07) is 19.5. The van der Waals surface area contributed by atoms with Crippen molar-refractivity contribution >= 4 is 38.2 Å². The number of thiophene rings is 1. The summed E-state index contributed by atoms with van der Waals surface area (Å²) in [7, 11) is 1.53. The lowest BCUT2D eigenvalue weighted by Crippen LogP contribution is -2.48. The first-order valence-corrected chi connectivity index (χ1v) is 14.3. The second-order valence-corrected chi connectivity index (χ2v) is 11.2. The maximum atomic E-state index is 13.9. The average molecular weight is 569 g/mol. The minimum absolute atomic E-state index is 0.106. The van der Waals surface area contributed by atoms with Gasteiger partial charge in [0.05, 0.1) is 29.6 Å². The molecule has 10 heteroatoms. The second-order valence-electron chi connectivity index (χ2n) is 10.2. The Hall–Kier alpha value is -4.41. The Bertz CT molecular complexity index is 1830. The number of ether oxygens (including phenoxy) is 3. The zero-order valence-electron chi connectivity index (χ0n) is 22.5. The van der Waals surface area contributed by atoms with Crippen molar-refractivity contribution in [1.82, 2.24) is 19.4 Å². The molecule has 5 heterocycles. The molecule has 2 aromatic carbocycles. The zero-order chi connectivity index (χ0) is 27.9. The highest BCUT2D eigenvalue weighted by molar-refractivity contribution is 7.22. The molecule has 0 aliphatic carbocycles. The van der Waals surface area contributed by atoms with Gasteiger partial charge in [-0.25, -0.2) is 0 Å². The van der Waals surface area contributed by atoms with Crippen LogP contribution in [0.1, 0.15) is 20.9 Å². The van der Waals surface area contributed by atoms with Crippen LogP contribution in [-0.4, -0.2) is 65.3 Å². The van der Waals surface area contributed by atoms with E-state index in [1.807, 2.05) is 59.5 Å². The Morgan fingerprint density at radius 3 is 2.59 bits per heavy atom. The number of aromatic nitrogens is 2. The van der Waals surface area contributed by atoms with Gasteiger partial charge < -0.3 is 23.7 Å². The number of para-hydroxylation sites is 1. The van der Waals surface area contributed by atoms with Gasteiger partial charge in [0.15, 0.2) is 17.2 Å². The molecule has 2 aliphatic heterocycles. The van der Waals surface area contributed by atoms with E-state index in [4.69, 9.17) is 14.2 Å². The van der Waals surface area contributed by atoms with Crippen LogP contribution < -0.4 is 19.8 Å². The molecule has 0 unspecified atom stereocenters. The number of amides is 1. The fourth-order valence-electron chi connectivity index (χ4n) is 5.64. The van der Waals surface area contributed by atoms with Crippen molar-refractivity contribution in [2.24, 2.45) is 0 Å². The van der Waals surface area contributed by atoms with Crippen LogP contribution in [0.15, 0.2) is 71.7 Å². The summed E-state index contributed by atoms with van der Waals surface area (Å²) >= 11 is 1.34. The molecular weight excluding hydrogens is 540 g/mol. The van der Waals surface area contributed by atoms with Crippen molar-refractivity contribution in [1.29, 1.82) is 0 Å². The first kappa shape index (κ1) is 25.6. The van der Waals surface area contributed by atoms with E-state index < -0.39 is 0 Å². The van der Waals surface area contributed by atoms with E-state index in [1.165, 1.54) is 18.4 Å². The van der Waals surface area contributed by atoms with Crippen LogP contribution in [-0.2, 0) is 13.1 Å². The first-order valence-electron chi connectivity index (χ1n) is 13.5. The molecule has 0 bridgehead atoms. The number of benzene rings is 2. The lowest BCUT2D eigenvalue weighted by molar-refractivity contribution is 0.0630. The molecule has 1 saturated heterocycles. The summed E-state index contributed by atoms with van der Waals surface area (Å²) in [5.41, 5.74) is 2.54. The highest BCUT2D eigenvalue weighted by Crippen LogP contribution is 2.40. The van der Waals surface area contributed by atoms with Gasteiger partial charge in [-0.1, -0.05) is 30.3 Å². The number of nitrogens with zero attached hydrogens (tertiary/aromatic N) is 4. The van der Waals surface area contributed by atoms with Crippen LogP contribution in [0.4, 0.5) is 0 Å². The number of carbonyl (C=O) groups excluding carboxylic acids is 1. The number of rotatable bonds is 6. The molecule has 0 N–H and O–H groups in total. The van der Waals surface area contributed by atoms with Crippen LogP contribution in [0.25, 0.3) is 21.0 Å². The molecule has 0 atom stereocenters. The molecule has 208 valence electrons. The number of piperazine rings is 1. The molecule has 0 saturated carbocycles. The second kappa shape index (κ2) is 10.5. The number of hydrogen-bond acceptors (Lipinski definition) is 8. The van der Waals surface area contributed by atoms with Crippen molar-refractivity contribution in [3.63, 3.8) is 0 Å². The van der Waals surface area contributed by atoms with E-state index in [1.54, 1.807) is 10.8 Å². The molecule has 2 aliphatic rings. The van der Waals surface area contributed by atoms with Crippen molar-refractivity contribution in [3.05, 3.63) is 93.3 Å². The number of hydrogen-bond donors (Lipinski definition) is 0. The van der Waals surface area contributed by atoms with E-state index in [0.717, 1.165) is 58.0 Å². The third kappa shape index (κ3) is 4.58. The average Bonchev–Trinajstić information content (AvgIpc) is 3.64. The van der Waals surface area contributed by atoms with Crippen LogP contribution in [0.2, 0.25) is 0 Å². The van der Waals surface area contributed by atoms with Gasteiger partial charge in [-0.2, -0.15) is 0 Å². The highest BCUT2D eigenvalue weighted by Gasteiger charge is 2.30. The molecule has 3 aromatic heterocycles. The Balaban J connectivity index is 1.17. The van der Waals surface area contributed by atoms with E-state index in [9.17, 15) is 9.59 Å². The van der Waals surface area contributed by atoms with E-state index >= 15 is 0 Å². The summed E-state index contributed by atoms with van der Waals surface area (Å²) in [4.78, 5) is 36.9. The summed E-state index contributed by atoms with van der Waals surface area (Å²) in [6.07, 6.45) is 1.72. The van der Waals surface area contributed by atoms with Gasteiger partial charge in [-0.3, -0.25) is 19.5 Å². The Morgan fingerprint density at radius 1 is 0.976 bits per heavy atom. The number of pyridine rings is 2. The van der Waals surface area contributed by atoms with Crippen LogP contribution in [0, 0.1) is 0 Å². The molecular formula is C31H28N4O5S. The van der Waals surface area contributed by atoms with Gasteiger partial charge >= 0.3 is 0 Å². The normalized spacial score (nSPS) is 15.1. The molecule has 0 spiro atoms. The summed E-state index contributed by atoms with van der Waals surface area (Å²) in [5, 5.41) is 1.35. The quantitative estimate of drug-likeness (QED) is 0.301. The number of methoxy groups -OCH3 is 1. The van der Waals surface area contributed by atoms with Gasteiger partial charge in [0.1, 0.15) is 10.3 Å². The van der Waals surface area contributed by atoms with Gasteiger partial charge in [-0.15, -0.1) is 11.3 Å².